The van der Waals surface area contributed by atoms with Gasteiger partial charge in [0.25, 0.3) is 0 Å². The molecule has 1 unspecified atom stereocenters. The van der Waals surface area contributed by atoms with Gasteiger partial charge in [-0.05, 0) is 30.9 Å². The molecular formula is C13H19NO2. The van der Waals surface area contributed by atoms with E-state index in [9.17, 15) is 4.79 Å². The molecule has 88 valence electrons. The molecular weight excluding hydrogens is 202 g/mol. The largest absolute Gasteiger partial charge is 0.469 e. The first-order chi connectivity index (χ1) is 7.75. The summed E-state index contributed by atoms with van der Waals surface area (Å²) < 4.78 is 5.22. The maximum absolute atomic E-state index is 11.9. The first kappa shape index (κ1) is 11.2. The molecule has 1 amide bonds. The molecule has 1 atom stereocenters. The summed E-state index contributed by atoms with van der Waals surface area (Å²) in [5, 5.41) is 0. The zero-order chi connectivity index (χ0) is 11.4. The highest BCUT2D eigenvalue weighted by Crippen LogP contribution is 2.16. The summed E-state index contributed by atoms with van der Waals surface area (Å²) in [5.41, 5.74) is 0. The monoisotopic (exact) mass is 221 g/mol. The number of piperidine rings is 1. The van der Waals surface area contributed by atoms with Crippen molar-refractivity contribution in [1.29, 1.82) is 0 Å². The maximum atomic E-state index is 11.9. The predicted molar refractivity (Wildman–Crippen MR) is 62.0 cm³/mol. The first-order valence-corrected chi connectivity index (χ1v) is 6.06. The fourth-order valence-corrected chi connectivity index (χ4v) is 2.26. The van der Waals surface area contributed by atoms with Gasteiger partial charge in [0.2, 0.25) is 5.91 Å². The summed E-state index contributed by atoms with van der Waals surface area (Å²) in [5.74, 6) is 1.82. The Morgan fingerprint density at radius 3 is 3.19 bits per heavy atom. The van der Waals surface area contributed by atoms with Crippen LogP contribution in [0.15, 0.2) is 22.8 Å². The van der Waals surface area contributed by atoms with Crippen LogP contribution in [0.2, 0.25) is 0 Å². The third-order valence-electron chi connectivity index (χ3n) is 3.18. The molecule has 0 spiro atoms. The highest BCUT2D eigenvalue weighted by atomic mass is 16.3. The summed E-state index contributed by atoms with van der Waals surface area (Å²) in [6.45, 7) is 4.07. The molecule has 0 radical (unpaired) electrons. The van der Waals surface area contributed by atoms with Gasteiger partial charge in [0.05, 0.1) is 6.26 Å². The van der Waals surface area contributed by atoms with Gasteiger partial charge in [0, 0.05) is 25.9 Å². The van der Waals surface area contributed by atoms with Crippen LogP contribution in [0.5, 0.6) is 0 Å². The molecule has 0 aliphatic carbocycles. The van der Waals surface area contributed by atoms with Crippen molar-refractivity contribution in [3.05, 3.63) is 24.2 Å². The van der Waals surface area contributed by atoms with E-state index in [4.69, 9.17) is 4.42 Å². The number of carbonyl (C=O) groups is 1. The highest BCUT2D eigenvalue weighted by Gasteiger charge is 2.20. The van der Waals surface area contributed by atoms with Crippen molar-refractivity contribution in [3.63, 3.8) is 0 Å². The Balaban J connectivity index is 1.79. The number of furan rings is 1. The van der Waals surface area contributed by atoms with Crippen molar-refractivity contribution in [1.82, 2.24) is 4.90 Å². The Bertz CT molecular complexity index is 332. The standard InChI is InChI=1S/C13H19NO2/c1-11-4-2-8-14(10-11)13(15)7-6-12-5-3-9-16-12/h3,5,9,11H,2,4,6-8,10H2,1H3. The van der Waals surface area contributed by atoms with Gasteiger partial charge in [0.15, 0.2) is 0 Å². The van der Waals surface area contributed by atoms with Gasteiger partial charge < -0.3 is 9.32 Å². The molecule has 1 aliphatic heterocycles. The Morgan fingerprint density at radius 2 is 2.50 bits per heavy atom. The van der Waals surface area contributed by atoms with E-state index < -0.39 is 0 Å². The van der Waals surface area contributed by atoms with Crippen LogP contribution in [-0.4, -0.2) is 23.9 Å². The number of amides is 1. The lowest BCUT2D eigenvalue weighted by atomic mass is 10.00. The van der Waals surface area contributed by atoms with Crippen molar-refractivity contribution in [2.75, 3.05) is 13.1 Å². The lowest BCUT2D eigenvalue weighted by Gasteiger charge is -2.30. The molecule has 1 fully saturated rings. The molecule has 2 rings (SSSR count). The second kappa shape index (κ2) is 5.19. The molecule has 0 N–H and O–H groups in total. The number of carbonyl (C=O) groups excluding carboxylic acids is 1. The predicted octanol–water partition coefficient (Wildman–Crippen LogP) is 2.47. The summed E-state index contributed by atoms with van der Waals surface area (Å²) in [6.07, 6.45) is 5.34. The average molecular weight is 221 g/mol. The van der Waals surface area contributed by atoms with Gasteiger partial charge in [-0.1, -0.05) is 6.92 Å². The smallest absolute Gasteiger partial charge is 0.223 e. The van der Waals surface area contributed by atoms with Crippen molar-refractivity contribution < 1.29 is 9.21 Å². The second-order valence-corrected chi connectivity index (χ2v) is 4.67. The van der Waals surface area contributed by atoms with E-state index in [1.165, 1.54) is 6.42 Å². The van der Waals surface area contributed by atoms with Crippen molar-refractivity contribution >= 4 is 5.91 Å². The van der Waals surface area contributed by atoms with E-state index in [1.807, 2.05) is 17.0 Å². The Labute approximate surface area is 96.4 Å². The Morgan fingerprint density at radius 1 is 1.62 bits per heavy atom. The zero-order valence-corrected chi connectivity index (χ0v) is 9.82. The summed E-state index contributed by atoms with van der Waals surface area (Å²) in [4.78, 5) is 13.9. The van der Waals surface area contributed by atoms with Crippen LogP contribution in [0.25, 0.3) is 0 Å². The van der Waals surface area contributed by atoms with Gasteiger partial charge in [0.1, 0.15) is 5.76 Å². The number of hydrogen-bond donors (Lipinski definition) is 0. The minimum Gasteiger partial charge on any atom is -0.469 e. The minimum absolute atomic E-state index is 0.267. The maximum Gasteiger partial charge on any atom is 0.223 e. The molecule has 1 aromatic rings. The Hall–Kier alpha value is -1.25. The molecule has 16 heavy (non-hydrogen) atoms. The SMILES string of the molecule is CC1CCCN(C(=O)CCc2ccco2)C1. The van der Waals surface area contributed by atoms with Crippen LogP contribution in [0, 0.1) is 5.92 Å². The van der Waals surface area contributed by atoms with E-state index in [-0.39, 0.29) is 5.91 Å². The van der Waals surface area contributed by atoms with Gasteiger partial charge in [-0.25, -0.2) is 0 Å². The van der Waals surface area contributed by atoms with Crippen LogP contribution < -0.4 is 0 Å². The number of rotatable bonds is 3. The minimum atomic E-state index is 0.267. The number of aryl methyl sites for hydroxylation is 1. The van der Waals surface area contributed by atoms with Crippen molar-refractivity contribution in [2.45, 2.75) is 32.6 Å². The molecule has 0 bridgehead atoms. The summed E-state index contributed by atoms with van der Waals surface area (Å²) in [7, 11) is 0. The third kappa shape index (κ3) is 2.87. The lowest BCUT2D eigenvalue weighted by molar-refractivity contribution is -0.132. The lowest BCUT2D eigenvalue weighted by Crippen LogP contribution is -2.39. The number of likely N-dealkylation sites (tertiary alicyclic amines) is 1. The highest BCUT2D eigenvalue weighted by molar-refractivity contribution is 5.76. The number of nitrogens with zero attached hydrogens (tertiary/aromatic N) is 1. The van der Waals surface area contributed by atoms with Crippen LogP contribution in [0.3, 0.4) is 0 Å². The molecule has 1 aromatic heterocycles. The molecule has 2 heterocycles. The average Bonchev–Trinajstić information content (AvgIpc) is 2.78. The first-order valence-electron chi connectivity index (χ1n) is 6.06. The Kier molecular flexibility index (Phi) is 3.65. The molecule has 0 saturated carbocycles. The zero-order valence-electron chi connectivity index (χ0n) is 9.82. The van der Waals surface area contributed by atoms with Crippen LogP contribution >= 0.6 is 0 Å². The molecule has 1 aliphatic rings. The third-order valence-corrected chi connectivity index (χ3v) is 3.18. The van der Waals surface area contributed by atoms with E-state index in [0.717, 1.165) is 31.7 Å². The second-order valence-electron chi connectivity index (χ2n) is 4.67. The van der Waals surface area contributed by atoms with E-state index >= 15 is 0 Å². The van der Waals surface area contributed by atoms with E-state index in [2.05, 4.69) is 6.92 Å². The topological polar surface area (TPSA) is 33.5 Å². The van der Waals surface area contributed by atoms with Gasteiger partial charge in [-0.2, -0.15) is 0 Å². The summed E-state index contributed by atoms with van der Waals surface area (Å²) >= 11 is 0. The number of hydrogen-bond acceptors (Lipinski definition) is 2. The quantitative estimate of drug-likeness (QED) is 0.785. The van der Waals surface area contributed by atoms with E-state index in [1.54, 1.807) is 6.26 Å². The van der Waals surface area contributed by atoms with E-state index in [0.29, 0.717) is 12.3 Å². The fraction of sp³-hybridized carbons (Fsp3) is 0.615. The molecule has 1 saturated heterocycles. The fourth-order valence-electron chi connectivity index (χ4n) is 2.26. The molecule has 0 aromatic carbocycles. The molecule has 3 heteroatoms. The van der Waals surface area contributed by atoms with Crippen molar-refractivity contribution in [2.24, 2.45) is 5.92 Å². The van der Waals surface area contributed by atoms with Crippen LogP contribution in [0.1, 0.15) is 31.9 Å². The normalized spacial score (nSPS) is 21.1. The van der Waals surface area contributed by atoms with Gasteiger partial charge >= 0.3 is 0 Å². The van der Waals surface area contributed by atoms with Crippen molar-refractivity contribution in [3.8, 4) is 0 Å². The van der Waals surface area contributed by atoms with Gasteiger partial charge in [-0.3, -0.25) is 4.79 Å². The van der Waals surface area contributed by atoms with Gasteiger partial charge in [-0.15, -0.1) is 0 Å². The molecule has 3 nitrogen and oxygen atoms in total. The summed E-state index contributed by atoms with van der Waals surface area (Å²) in [6, 6.07) is 3.79. The van der Waals surface area contributed by atoms with Crippen LogP contribution in [-0.2, 0) is 11.2 Å². The van der Waals surface area contributed by atoms with Crippen LogP contribution in [0.4, 0.5) is 0 Å².